The Morgan fingerprint density at radius 2 is 1.80 bits per heavy atom. The molecule has 1 unspecified atom stereocenters. The van der Waals surface area contributed by atoms with Crippen molar-refractivity contribution in [1.82, 2.24) is 4.90 Å². The normalized spacial score (nSPS) is 21.7. The first-order valence-electron chi connectivity index (χ1n) is 8.57. The number of ether oxygens (including phenoxy) is 1. The van der Waals surface area contributed by atoms with Gasteiger partial charge >= 0.3 is 6.09 Å². The van der Waals surface area contributed by atoms with Crippen LogP contribution in [0.2, 0.25) is 0 Å². The summed E-state index contributed by atoms with van der Waals surface area (Å²) in [7, 11) is 0. The maximum absolute atomic E-state index is 12.4. The summed E-state index contributed by atoms with van der Waals surface area (Å²) in [5, 5.41) is 10.2. The zero-order valence-corrected chi connectivity index (χ0v) is 14.0. The topological polar surface area (TPSA) is 49.8 Å². The van der Waals surface area contributed by atoms with Gasteiger partial charge in [0, 0.05) is 12.5 Å². The molecule has 0 saturated carbocycles. The molecule has 4 rings (SSSR count). The maximum atomic E-state index is 12.4. The number of fused-ring (bicyclic) bond motifs is 3. The first-order valence-corrected chi connectivity index (χ1v) is 8.57. The van der Waals surface area contributed by atoms with E-state index in [9.17, 15) is 9.90 Å². The van der Waals surface area contributed by atoms with Crippen LogP contribution in [0.4, 0.5) is 4.79 Å². The highest BCUT2D eigenvalue weighted by Crippen LogP contribution is 2.44. The Balaban J connectivity index is 1.50. The lowest BCUT2D eigenvalue weighted by Crippen LogP contribution is -2.35. The van der Waals surface area contributed by atoms with Crippen LogP contribution in [-0.4, -0.2) is 41.4 Å². The number of rotatable bonds is 3. The molecule has 25 heavy (non-hydrogen) atoms. The number of likely N-dealkylation sites (tertiary alicyclic amines) is 1. The third-order valence-corrected chi connectivity index (χ3v) is 5.25. The quantitative estimate of drug-likeness (QED) is 0.873. The average molecular weight is 335 g/mol. The van der Waals surface area contributed by atoms with Crippen LogP contribution in [0.3, 0.4) is 0 Å². The van der Waals surface area contributed by atoms with Crippen LogP contribution in [0.25, 0.3) is 11.1 Å². The Morgan fingerprint density at radius 1 is 1.20 bits per heavy atom. The van der Waals surface area contributed by atoms with E-state index in [2.05, 4.69) is 30.8 Å². The molecule has 2 aliphatic rings. The Kier molecular flexibility index (Phi) is 3.85. The van der Waals surface area contributed by atoms with E-state index < -0.39 is 5.60 Å². The molecule has 128 valence electrons. The van der Waals surface area contributed by atoms with E-state index >= 15 is 0 Å². The van der Waals surface area contributed by atoms with E-state index in [0.29, 0.717) is 19.6 Å². The Morgan fingerprint density at radius 3 is 2.36 bits per heavy atom. The fraction of sp³-hybridized carbons (Fsp3) is 0.286. The highest BCUT2D eigenvalue weighted by molar-refractivity contribution is 5.79. The van der Waals surface area contributed by atoms with Gasteiger partial charge in [0.15, 0.2) is 0 Å². The molecule has 0 aromatic heterocycles. The van der Waals surface area contributed by atoms with Crippen molar-refractivity contribution in [1.29, 1.82) is 0 Å². The number of hydrogen-bond acceptors (Lipinski definition) is 3. The minimum atomic E-state index is -0.994. The molecule has 1 atom stereocenters. The molecular weight excluding hydrogens is 314 g/mol. The highest BCUT2D eigenvalue weighted by atomic mass is 16.6. The van der Waals surface area contributed by atoms with Crippen molar-refractivity contribution in [2.24, 2.45) is 0 Å². The lowest BCUT2D eigenvalue weighted by molar-refractivity contribution is 0.0796. The summed E-state index contributed by atoms with van der Waals surface area (Å²) in [6, 6.07) is 16.5. The molecule has 1 amide bonds. The van der Waals surface area contributed by atoms with E-state index in [4.69, 9.17) is 4.74 Å². The average Bonchev–Trinajstić information content (AvgIpc) is 3.19. The van der Waals surface area contributed by atoms with E-state index in [1.807, 2.05) is 24.3 Å². The van der Waals surface area contributed by atoms with E-state index in [1.54, 1.807) is 4.90 Å². The summed E-state index contributed by atoms with van der Waals surface area (Å²) in [6.07, 6.45) is 1.63. The fourth-order valence-electron chi connectivity index (χ4n) is 3.82. The molecule has 4 nitrogen and oxygen atoms in total. The predicted molar refractivity (Wildman–Crippen MR) is 96.4 cm³/mol. The molecule has 2 aromatic carbocycles. The maximum Gasteiger partial charge on any atom is 0.409 e. The highest BCUT2D eigenvalue weighted by Gasteiger charge is 2.37. The first kappa shape index (κ1) is 15.9. The Hall–Kier alpha value is -2.59. The predicted octanol–water partition coefficient (Wildman–Crippen LogP) is 3.56. The van der Waals surface area contributed by atoms with Crippen LogP contribution >= 0.6 is 0 Å². The van der Waals surface area contributed by atoms with Gasteiger partial charge in [-0.25, -0.2) is 4.79 Å². The molecule has 1 heterocycles. The minimum absolute atomic E-state index is 0.0530. The molecule has 0 spiro atoms. The number of aliphatic hydroxyl groups is 1. The number of nitrogens with zero attached hydrogens (tertiary/aromatic N) is 1. The number of carbonyl (C=O) groups is 1. The molecule has 0 bridgehead atoms. The van der Waals surface area contributed by atoms with Gasteiger partial charge in [-0.05, 0) is 28.7 Å². The third kappa shape index (κ3) is 2.72. The largest absolute Gasteiger partial charge is 0.448 e. The van der Waals surface area contributed by atoms with Crippen LogP contribution in [0.1, 0.15) is 23.5 Å². The first-order chi connectivity index (χ1) is 12.1. The number of hydrogen-bond donors (Lipinski definition) is 1. The van der Waals surface area contributed by atoms with Gasteiger partial charge in [0.25, 0.3) is 0 Å². The molecule has 1 saturated heterocycles. The van der Waals surface area contributed by atoms with Gasteiger partial charge in [-0.15, -0.1) is 6.58 Å². The smallest absolute Gasteiger partial charge is 0.409 e. The molecule has 1 aliphatic carbocycles. The summed E-state index contributed by atoms with van der Waals surface area (Å²) in [6.45, 7) is 4.67. The van der Waals surface area contributed by atoms with Gasteiger partial charge in [0.05, 0.1) is 6.54 Å². The SMILES string of the molecule is C=CC1(O)CCN(C(=O)OCC2c3ccccc3-c3ccccc32)C1. The second-order valence-electron chi connectivity index (χ2n) is 6.78. The van der Waals surface area contributed by atoms with E-state index in [0.717, 1.165) is 0 Å². The molecule has 1 N–H and O–H groups in total. The second-order valence-corrected chi connectivity index (χ2v) is 6.78. The van der Waals surface area contributed by atoms with Crippen molar-refractivity contribution in [2.75, 3.05) is 19.7 Å². The molecule has 2 aromatic rings. The van der Waals surface area contributed by atoms with Crippen molar-refractivity contribution in [3.05, 3.63) is 72.3 Å². The van der Waals surface area contributed by atoms with Crippen molar-refractivity contribution in [3.63, 3.8) is 0 Å². The second kappa shape index (κ2) is 6.05. The van der Waals surface area contributed by atoms with Crippen molar-refractivity contribution >= 4 is 6.09 Å². The molecule has 0 radical (unpaired) electrons. The number of amides is 1. The lowest BCUT2D eigenvalue weighted by Gasteiger charge is -2.21. The van der Waals surface area contributed by atoms with Crippen molar-refractivity contribution in [3.8, 4) is 11.1 Å². The standard InChI is InChI=1S/C21H21NO3/c1-2-21(24)11-12-22(14-21)20(23)25-13-19-17-9-5-3-7-15(17)16-8-4-6-10-18(16)19/h2-10,19,24H,1,11-14H2. The number of benzene rings is 2. The van der Waals surface area contributed by atoms with Gasteiger partial charge in [0.2, 0.25) is 0 Å². The van der Waals surface area contributed by atoms with Crippen LogP contribution < -0.4 is 0 Å². The van der Waals surface area contributed by atoms with E-state index in [1.165, 1.54) is 28.3 Å². The van der Waals surface area contributed by atoms with Crippen LogP contribution in [-0.2, 0) is 4.74 Å². The lowest BCUT2D eigenvalue weighted by atomic mass is 9.98. The fourth-order valence-corrected chi connectivity index (χ4v) is 3.82. The summed E-state index contributed by atoms with van der Waals surface area (Å²) in [5.74, 6) is 0.0530. The molecule has 4 heteroatoms. The monoisotopic (exact) mass is 335 g/mol. The van der Waals surface area contributed by atoms with Gasteiger partial charge in [0.1, 0.15) is 12.2 Å². The molecule has 1 aliphatic heterocycles. The Bertz CT molecular complexity index is 786. The van der Waals surface area contributed by atoms with Gasteiger partial charge in [-0.1, -0.05) is 54.6 Å². The van der Waals surface area contributed by atoms with Crippen molar-refractivity contribution in [2.45, 2.75) is 17.9 Å². The van der Waals surface area contributed by atoms with Crippen LogP contribution in [0.5, 0.6) is 0 Å². The zero-order chi connectivity index (χ0) is 17.4. The van der Waals surface area contributed by atoms with Crippen LogP contribution in [0, 0.1) is 0 Å². The summed E-state index contributed by atoms with van der Waals surface area (Å²) < 4.78 is 5.60. The number of carbonyl (C=O) groups excluding carboxylic acids is 1. The van der Waals surface area contributed by atoms with Gasteiger partial charge < -0.3 is 14.7 Å². The molecule has 1 fully saturated rings. The van der Waals surface area contributed by atoms with E-state index in [-0.39, 0.29) is 18.6 Å². The third-order valence-electron chi connectivity index (χ3n) is 5.25. The molecular formula is C21H21NO3. The summed E-state index contributed by atoms with van der Waals surface area (Å²) in [5.41, 5.74) is 3.81. The van der Waals surface area contributed by atoms with Gasteiger partial charge in [-0.2, -0.15) is 0 Å². The zero-order valence-electron chi connectivity index (χ0n) is 14.0. The van der Waals surface area contributed by atoms with Gasteiger partial charge in [-0.3, -0.25) is 0 Å². The summed E-state index contributed by atoms with van der Waals surface area (Å²) in [4.78, 5) is 13.9. The van der Waals surface area contributed by atoms with Crippen LogP contribution in [0.15, 0.2) is 61.2 Å². The summed E-state index contributed by atoms with van der Waals surface area (Å²) >= 11 is 0. The minimum Gasteiger partial charge on any atom is -0.448 e. The number of β-amino-alcohol motifs (C(OH)–C–C–N with tert-alkyl or cyclic N) is 1. The Labute approximate surface area is 147 Å². The van der Waals surface area contributed by atoms with Crippen molar-refractivity contribution < 1.29 is 14.6 Å².